The van der Waals surface area contributed by atoms with Crippen LogP contribution in [0, 0.1) is 0 Å². The third-order valence-electron chi connectivity index (χ3n) is 6.78. The summed E-state index contributed by atoms with van der Waals surface area (Å²) in [5.41, 5.74) is 4.71. The van der Waals surface area contributed by atoms with Crippen LogP contribution in [-0.2, 0) is 4.79 Å². The van der Waals surface area contributed by atoms with E-state index in [1.807, 2.05) is 40.0 Å². The van der Waals surface area contributed by atoms with E-state index in [4.69, 9.17) is 4.98 Å². The SMILES string of the molecule is C=Cc1ccc(/C(=C/C)N2CCNCC2CCC)nc1/C=C(\C)NC(=O)CN(C)C1CCC1.CC. The molecular formula is C29H47N5O. The van der Waals surface area contributed by atoms with E-state index in [-0.39, 0.29) is 5.91 Å². The van der Waals surface area contributed by atoms with Crippen LogP contribution in [0.3, 0.4) is 0 Å². The number of nitrogens with one attached hydrogen (secondary N) is 2. The average Bonchev–Trinajstić information content (AvgIpc) is 2.81. The highest BCUT2D eigenvalue weighted by molar-refractivity contribution is 5.81. The summed E-state index contributed by atoms with van der Waals surface area (Å²) in [6.07, 6.45) is 11.9. The van der Waals surface area contributed by atoms with Crippen LogP contribution in [0.25, 0.3) is 17.8 Å². The van der Waals surface area contributed by atoms with Gasteiger partial charge in [-0.25, -0.2) is 4.98 Å². The van der Waals surface area contributed by atoms with Gasteiger partial charge in [0.15, 0.2) is 0 Å². The van der Waals surface area contributed by atoms with Crippen LogP contribution in [0.5, 0.6) is 0 Å². The summed E-state index contributed by atoms with van der Waals surface area (Å²) in [4.78, 5) is 22.2. The van der Waals surface area contributed by atoms with Gasteiger partial charge in [0.1, 0.15) is 0 Å². The number of likely N-dealkylation sites (N-methyl/N-ethyl adjacent to an activating group) is 1. The van der Waals surface area contributed by atoms with E-state index >= 15 is 0 Å². The number of pyridine rings is 1. The van der Waals surface area contributed by atoms with E-state index in [1.54, 1.807) is 0 Å². The highest BCUT2D eigenvalue weighted by atomic mass is 16.2. The summed E-state index contributed by atoms with van der Waals surface area (Å²) in [7, 11) is 2.03. The van der Waals surface area contributed by atoms with Crippen molar-refractivity contribution < 1.29 is 4.79 Å². The second kappa shape index (κ2) is 14.8. The van der Waals surface area contributed by atoms with Crippen molar-refractivity contribution in [3.8, 4) is 0 Å². The number of hydrogen-bond donors (Lipinski definition) is 2. The Balaban J connectivity index is 0.00000210. The number of hydrogen-bond acceptors (Lipinski definition) is 5. The van der Waals surface area contributed by atoms with E-state index < -0.39 is 0 Å². The van der Waals surface area contributed by atoms with Crippen molar-refractivity contribution in [2.75, 3.05) is 33.2 Å². The van der Waals surface area contributed by atoms with E-state index in [2.05, 4.69) is 59.1 Å². The van der Waals surface area contributed by atoms with Gasteiger partial charge in [0.2, 0.25) is 5.91 Å². The fourth-order valence-electron chi connectivity index (χ4n) is 4.73. The van der Waals surface area contributed by atoms with Crippen molar-refractivity contribution >= 4 is 23.8 Å². The summed E-state index contributed by atoms with van der Waals surface area (Å²) in [6.45, 7) is 17.6. The van der Waals surface area contributed by atoms with Crippen LogP contribution < -0.4 is 10.6 Å². The Bertz CT molecular complexity index is 885. The molecule has 1 aliphatic heterocycles. The molecule has 35 heavy (non-hydrogen) atoms. The molecule has 1 unspecified atom stereocenters. The Kier molecular flexibility index (Phi) is 12.2. The quantitative estimate of drug-likeness (QED) is 0.484. The van der Waals surface area contributed by atoms with Crippen LogP contribution in [0.2, 0.25) is 0 Å². The Morgan fingerprint density at radius 3 is 2.69 bits per heavy atom. The molecule has 1 atom stereocenters. The molecule has 1 aliphatic carbocycles. The predicted molar refractivity (Wildman–Crippen MR) is 150 cm³/mol. The molecule has 0 bridgehead atoms. The Hall–Kier alpha value is -2.44. The molecule has 3 rings (SSSR count). The highest BCUT2D eigenvalue weighted by Crippen LogP contribution is 2.26. The number of nitrogens with zero attached hydrogens (tertiary/aromatic N) is 3. The second-order valence-electron chi connectivity index (χ2n) is 9.26. The monoisotopic (exact) mass is 481 g/mol. The van der Waals surface area contributed by atoms with Crippen molar-refractivity contribution in [1.29, 1.82) is 0 Å². The van der Waals surface area contributed by atoms with Gasteiger partial charge in [-0.2, -0.15) is 0 Å². The molecule has 2 N–H and O–H groups in total. The molecule has 0 aromatic carbocycles. The number of carbonyl (C=O) groups is 1. The van der Waals surface area contributed by atoms with Crippen molar-refractivity contribution in [1.82, 2.24) is 25.4 Å². The topological polar surface area (TPSA) is 60.5 Å². The molecule has 0 spiro atoms. The van der Waals surface area contributed by atoms with Crippen LogP contribution in [0.1, 0.15) is 83.7 Å². The van der Waals surface area contributed by atoms with E-state index in [9.17, 15) is 4.79 Å². The summed E-state index contributed by atoms with van der Waals surface area (Å²) < 4.78 is 0. The predicted octanol–water partition coefficient (Wildman–Crippen LogP) is 5.15. The minimum absolute atomic E-state index is 0.0202. The van der Waals surface area contributed by atoms with Crippen LogP contribution in [0.4, 0.5) is 0 Å². The van der Waals surface area contributed by atoms with Gasteiger partial charge in [-0.05, 0) is 57.9 Å². The molecule has 6 heteroatoms. The lowest BCUT2D eigenvalue weighted by Gasteiger charge is -2.39. The molecule has 0 radical (unpaired) electrons. The number of piperazine rings is 1. The van der Waals surface area contributed by atoms with Gasteiger partial charge in [-0.3, -0.25) is 9.69 Å². The van der Waals surface area contributed by atoms with Gasteiger partial charge in [0.05, 0.1) is 23.6 Å². The lowest BCUT2D eigenvalue weighted by molar-refractivity contribution is -0.122. The number of allylic oxidation sites excluding steroid dienone is 2. The fraction of sp³-hybridized carbons (Fsp3) is 0.586. The zero-order valence-electron chi connectivity index (χ0n) is 22.9. The smallest absolute Gasteiger partial charge is 0.238 e. The summed E-state index contributed by atoms with van der Waals surface area (Å²) >= 11 is 0. The molecule has 2 fully saturated rings. The van der Waals surface area contributed by atoms with E-state index in [1.165, 1.54) is 25.0 Å². The molecular weight excluding hydrogens is 434 g/mol. The molecule has 1 saturated carbocycles. The third-order valence-corrected chi connectivity index (χ3v) is 6.78. The molecule has 2 aliphatic rings. The minimum atomic E-state index is 0.0202. The number of amides is 1. The van der Waals surface area contributed by atoms with Crippen molar-refractivity contribution in [3.63, 3.8) is 0 Å². The van der Waals surface area contributed by atoms with Crippen LogP contribution in [0.15, 0.2) is 30.5 Å². The van der Waals surface area contributed by atoms with Crippen molar-refractivity contribution in [2.45, 2.75) is 78.8 Å². The minimum Gasteiger partial charge on any atom is -0.365 e. The Labute approximate surface area is 213 Å². The standard InChI is InChI=1S/C27H41N5O.C2H6/c1-6-10-23-18-28-15-16-32(23)26(8-3)24-14-13-21(7-2)25(30-24)17-20(4)29-27(33)19-31(5)22-11-9-12-22;1-2/h7-8,13-14,17,22-23,28H,2,6,9-12,15-16,18-19H2,1,3-5H3,(H,29,33);1-2H3/b20-17+,26-8-;. The van der Waals surface area contributed by atoms with Gasteiger partial charge >= 0.3 is 0 Å². The maximum Gasteiger partial charge on any atom is 0.238 e. The normalized spacial score (nSPS) is 19.1. The first-order chi connectivity index (χ1) is 17.0. The van der Waals surface area contributed by atoms with E-state index in [0.29, 0.717) is 18.6 Å². The number of rotatable bonds is 10. The van der Waals surface area contributed by atoms with Gasteiger partial charge in [-0.1, -0.05) is 58.4 Å². The lowest BCUT2D eigenvalue weighted by atomic mass is 9.92. The highest BCUT2D eigenvalue weighted by Gasteiger charge is 2.25. The second-order valence-corrected chi connectivity index (χ2v) is 9.26. The van der Waals surface area contributed by atoms with Gasteiger partial charge < -0.3 is 15.5 Å². The van der Waals surface area contributed by atoms with Crippen molar-refractivity contribution in [3.05, 3.63) is 47.4 Å². The first kappa shape index (κ1) is 28.8. The molecule has 1 aromatic heterocycles. The molecule has 1 aromatic rings. The fourth-order valence-corrected chi connectivity index (χ4v) is 4.73. The summed E-state index contributed by atoms with van der Waals surface area (Å²) in [6, 6.07) is 5.17. The van der Waals surface area contributed by atoms with Crippen molar-refractivity contribution in [2.24, 2.45) is 0 Å². The maximum atomic E-state index is 12.5. The lowest BCUT2D eigenvalue weighted by Crippen LogP contribution is -2.50. The summed E-state index contributed by atoms with van der Waals surface area (Å²) in [5, 5.41) is 6.56. The first-order valence-electron chi connectivity index (χ1n) is 13.4. The molecule has 1 saturated heterocycles. The van der Waals surface area contributed by atoms with E-state index in [0.717, 1.165) is 55.1 Å². The van der Waals surface area contributed by atoms with Crippen LogP contribution >= 0.6 is 0 Å². The third kappa shape index (κ3) is 8.04. The maximum absolute atomic E-state index is 12.5. The zero-order chi connectivity index (χ0) is 25.8. The van der Waals surface area contributed by atoms with Crippen LogP contribution in [-0.4, -0.2) is 66.0 Å². The first-order valence-corrected chi connectivity index (χ1v) is 13.4. The Morgan fingerprint density at radius 1 is 1.34 bits per heavy atom. The molecule has 2 heterocycles. The zero-order valence-corrected chi connectivity index (χ0v) is 22.9. The van der Waals surface area contributed by atoms with Gasteiger partial charge in [0.25, 0.3) is 0 Å². The number of aromatic nitrogens is 1. The van der Waals surface area contributed by atoms with Gasteiger partial charge in [0, 0.05) is 37.4 Å². The van der Waals surface area contributed by atoms with Gasteiger partial charge in [-0.15, -0.1) is 0 Å². The molecule has 1 amide bonds. The average molecular weight is 482 g/mol. The Morgan fingerprint density at radius 2 is 2.09 bits per heavy atom. The molecule has 6 nitrogen and oxygen atoms in total. The summed E-state index contributed by atoms with van der Waals surface area (Å²) in [5.74, 6) is 0.0202. The number of carbonyl (C=O) groups excluding carboxylic acids is 1. The largest absolute Gasteiger partial charge is 0.365 e. The molecule has 194 valence electrons.